The van der Waals surface area contributed by atoms with E-state index in [0.29, 0.717) is 6.42 Å². The number of methoxy groups -OCH3 is 1. The largest absolute Gasteiger partial charge is 0.494 e. The van der Waals surface area contributed by atoms with Crippen molar-refractivity contribution in [3.8, 4) is 5.75 Å². The van der Waals surface area contributed by atoms with E-state index >= 15 is 0 Å². The number of benzene rings is 1. The third-order valence-corrected chi connectivity index (χ3v) is 5.70. The minimum atomic E-state index is -3.75. The summed E-state index contributed by atoms with van der Waals surface area (Å²) in [6, 6.07) is 3.60. The van der Waals surface area contributed by atoms with Crippen LogP contribution >= 0.6 is 0 Å². The van der Waals surface area contributed by atoms with Crippen LogP contribution in [0.3, 0.4) is 0 Å². The monoisotopic (exact) mass is 317 g/mol. The van der Waals surface area contributed by atoms with Gasteiger partial charge in [0.2, 0.25) is 10.0 Å². The van der Waals surface area contributed by atoms with Crippen molar-refractivity contribution in [1.82, 2.24) is 4.31 Å². The number of ether oxygens (including phenoxy) is 1. The second kappa shape index (κ2) is 6.72. The Morgan fingerprint density at radius 2 is 2.14 bits per heavy atom. The van der Waals surface area contributed by atoms with Crippen molar-refractivity contribution >= 4 is 10.0 Å². The summed E-state index contributed by atoms with van der Waals surface area (Å²) < 4.78 is 45.3. The van der Waals surface area contributed by atoms with Gasteiger partial charge in [0.05, 0.1) is 12.0 Å². The maximum atomic E-state index is 13.7. The Morgan fingerprint density at radius 3 is 2.62 bits per heavy atom. The highest BCUT2D eigenvalue weighted by Crippen LogP contribution is 2.31. The molecule has 1 fully saturated rings. The Morgan fingerprint density at radius 1 is 1.43 bits per heavy atom. The van der Waals surface area contributed by atoms with Crippen molar-refractivity contribution in [2.24, 2.45) is 0 Å². The molecule has 0 aliphatic heterocycles. The molecule has 7 heteroatoms. The molecule has 0 spiro atoms. The van der Waals surface area contributed by atoms with E-state index < -0.39 is 15.8 Å². The molecule has 1 saturated carbocycles. The highest BCUT2D eigenvalue weighted by molar-refractivity contribution is 7.89. The smallest absolute Gasteiger partial charge is 0.243 e. The minimum Gasteiger partial charge on any atom is -0.494 e. The molecule has 5 nitrogen and oxygen atoms in total. The van der Waals surface area contributed by atoms with E-state index in [0.717, 1.165) is 25.3 Å². The number of nitrogens with zero attached hydrogens (tertiary/aromatic N) is 1. The molecule has 0 radical (unpaired) electrons. The molecule has 2 rings (SSSR count). The topological polar surface area (TPSA) is 66.8 Å². The highest BCUT2D eigenvalue weighted by Gasteiger charge is 2.34. The molecule has 1 aliphatic rings. The quantitative estimate of drug-likeness (QED) is 0.832. The Balaban J connectivity index is 2.30. The zero-order valence-corrected chi connectivity index (χ0v) is 12.8. The van der Waals surface area contributed by atoms with Crippen molar-refractivity contribution in [2.75, 3.05) is 20.3 Å². The third-order valence-electron chi connectivity index (χ3n) is 3.75. The molecule has 1 N–H and O–H groups in total. The summed E-state index contributed by atoms with van der Waals surface area (Å²) in [5, 5.41) is 8.94. The van der Waals surface area contributed by atoms with E-state index in [1.165, 1.54) is 23.5 Å². The lowest BCUT2D eigenvalue weighted by Crippen LogP contribution is -2.44. The Labute approximate surface area is 124 Å². The molecular weight excluding hydrogens is 297 g/mol. The predicted molar refractivity (Wildman–Crippen MR) is 76.2 cm³/mol. The fourth-order valence-corrected chi connectivity index (χ4v) is 4.08. The molecule has 118 valence electrons. The van der Waals surface area contributed by atoms with Gasteiger partial charge in [-0.15, -0.1) is 0 Å². The predicted octanol–water partition coefficient (Wildman–Crippen LogP) is 1.76. The minimum absolute atomic E-state index is 0.0134. The van der Waals surface area contributed by atoms with Crippen LogP contribution < -0.4 is 4.74 Å². The normalized spacial score (nSPS) is 16.0. The van der Waals surface area contributed by atoms with Gasteiger partial charge in [0.1, 0.15) is 0 Å². The van der Waals surface area contributed by atoms with Crippen molar-refractivity contribution in [1.29, 1.82) is 0 Å². The molecular formula is C14H20FNO4S. The second-order valence-corrected chi connectivity index (χ2v) is 6.96. The van der Waals surface area contributed by atoms with Crippen LogP contribution in [0.25, 0.3) is 0 Å². The van der Waals surface area contributed by atoms with Gasteiger partial charge in [-0.1, -0.05) is 6.42 Å². The Hall–Kier alpha value is -1.18. The van der Waals surface area contributed by atoms with Gasteiger partial charge in [-0.3, -0.25) is 0 Å². The Kier molecular flexibility index (Phi) is 5.18. The van der Waals surface area contributed by atoms with Crippen LogP contribution in [0.1, 0.15) is 25.7 Å². The van der Waals surface area contributed by atoms with Crippen molar-refractivity contribution in [3.63, 3.8) is 0 Å². The van der Waals surface area contributed by atoms with Crippen LogP contribution in [0.4, 0.5) is 4.39 Å². The summed E-state index contributed by atoms with van der Waals surface area (Å²) in [6.07, 6.45) is 2.98. The standard InChI is InChI=1S/C14H20FNO4S/c1-20-14-7-6-12(10-13(14)15)21(18,19)16(8-3-9-17)11-4-2-5-11/h6-7,10-11,17H,2-5,8-9H2,1H3. The maximum absolute atomic E-state index is 13.7. The van der Waals surface area contributed by atoms with Crippen LogP contribution in [-0.2, 0) is 10.0 Å². The molecule has 1 aromatic carbocycles. The van der Waals surface area contributed by atoms with E-state index in [-0.39, 0.29) is 29.8 Å². The van der Waals surface area contributed by atoms with Crippen LogP contribution in [0.2, 0.25) is 0 Å². The molecule has 0 bridgehead atoms. The first-order chi connectivity index (χ1) is 10.0. The van der Waals surface area contributed by atoms with Crippen molar-refractivity contribution < 1.29 is 22.7 Å². The molecule has 0 unspecified atom stereocenters. The van der Waals surface area contributed by atoms with Crippen LogP contribution in [-0.4, -0.2) is 44.1 Å². The van der Waals surface area contributed by atoms with E-state index in [1.807, 2.05) is 0 Å². The van der Waals surface area contributed by atoms with Gasteiger partial charge in [-0.2, -0.15) is 4.31 Å². The van der Waals surface area contributed by atoms with Crippen LogP contribution in [0.5, 0.6) is 5.75 Å². The van der Waals surface area contributed by atoms with Crippen LogP contribution in [0.15, 0.2) is 23.1 Å². The molecule has 1 aromatic rings. The van der Waals surface area contributed by atoms with Gasteiger partial charge in [-0.05, 0) is 37.5 Å². The van der Waals surface area contributed by atoms with E-state index in [2.05, 4.69) is 0 Å². The lowest BCUT2D eigenvalue weighted by Gasteiger charge is -2.36. The summed E-state index contributed by atoms with van der Waals surface area (Å²) in [4.78, 5) is -0.0781. The number of sulfonamides is 1. The molecule has 0 atom stereocenters. The van der Waals surface area contributed by atoms with Gasteiger partial charge >= 0.3 is 0 Å². The molecule has 0 saturated heterocycles. The van der Waals surface area contributed by atoms with Crippen LogP contribution in [0, 0.1) is 5.82 Å². The van der Waals surface area contributed by atoms with Gasteiger partial charge in [0.15, 0.2) is 11.6 Å². The number of rotatable bonds is 7. The van der Waals surface area contributed by atoms with E-state index in [9.17, 15) is 12.8 Å². The van der Waals surface area contributed by atoms with Crippen molar-refractivity contribution in [2.45, 2.75) is 36.6 Å². The molecule has 0 heterocycles. The third kappa shape index (κ3) is 3.36. The number of halogens is 1. The molecule has 21 heavy (non-hydrogen) atoms. The van der Waals surface area contributed by atoms with Gasteiger partial charge in [-0.25, -0.2) is 12.8 Å². The average molecular weight is 317 g/mol. The first-order valence-electron chi connectivity index (χ1n) is 6.97. The summed E-state index contributed by atoms with van der Waals surface area (Å²) in [5.74, 6) is -0.686. The molecule has 0 amide bonds. The summed E-state index contributed by atoms with van der Waals surface area (Å²) >= 11 is 0. The fourth-order valence-electron chi connectivity index (χ4n) is 2.34. The lowest BCUT2D eigenvalue weighted by atomic mass is 9.93. The van der Waals surface area contributed by atoms with E-state index in [4.69, 9.17) is 9.84 Å². The van der Waals surface area contributed by atoms with Crippen molar-refractivity contribution in [3.05, 3.63) is 24.0 Å². The first-order valence-corrected chi connectivity index (χ1v) is 8.41. The lowest BCUT2D eigenvalue weighted by molar-refractivity contribution is 0.198. The zero-order chi connectivity index (χ0) is 15.5. The summed E-state index contributed by atoms with van der Waals surface area (Å²) in [5.41, 5.74) is 0. The highest BCUT2D eigenvalue weighted by atomic mass is 32.2. The van der Waals surface area contributed by atoms with Gasteiger partial charge < -0.3 is 9.84 Å². The SMILES string of the molecule is COc1ccc(S(=O)(=O)N(CCCO)C2CCC2)cc1F. The fraction of sp³-hybridized carbons (Fsp3) is 0.571. The summed E-state index contributed by atoms with van der Waals surface area (Å²) in [6.45, 7) is 0.173. The number of hydrogen-bond acceptors (Lipinski definition) is 4. The Bertz CT molecular complexity index is 587. The summed E-state index contributed by atoms with van der Waals surface area (Å²) in [7, 11) is -2.43. The molecule has 1 aliphatic carbocycles. The second-order valence-electron chi connectivity index (χ2n) is 5.07. The number of aliphatic hydroxyl groups excluding tert-OH is 1. The number of hydrogen-bond donors (Lipinski definition) is 1. The van der Waals surface area contributed by atoms with Gasteiger partial charge in [0.25, 0.3) is 0 Å². The first kappa shape index (κ1) is 16.2. The number of aliphatic hydroxyl groups is 1. The van der Waals surface area contributed by atoms with Gasteiger partial charge in [0, 0.05) is 19.2 Å². The molecule has 0 aromatic heterocycles. The zero-order valence-electron chi connectivity index (χ0n) is 12.0. The van der Waals surface area contributed by atoms with E-state index in [1.54, 1.807) is 0 Å². The maximum Gasteiger partial charge on any atom is 0.243 e. The average Bonchev–Trinajstić information content (AvgIpc) is 2.40.